The highest BCUT2D eigenvalue weighted by molar-refractivity contribution is 5.05. The molecule has 2 nitrogen and oxygen atoms in total. The topological polar surface area (TPSA) is 29.3 Å². The van der Waals surface area contributed by atoms with Gasteiger partial charge in [0, 0.05) is 13.1 Å². The van der Waals surface area contributed by atoms with Crippen LogP contribution in [0.2, 0.25) is 0 Å². The van der Waals surface area contributed by atoms with Crippen LogP contribution in [0.3, 0.4) is 0 Å². The van der Waals surface area contributed by atoms with Gasteiger partial charge in [0.2, 0.25) is 0 Å². The fourth-order valence-corrected chi connectivity index (χ4v) is 1.43. The van der Waals surface area contributed by atoms with Crippen molar-refractivity contribution in [1.82, 2.24) is 4.90 Å². The Balaban J connectivity index is 2.37. The minimum absolute atomic E-state index is 0.651. The lowest BCUT2D eigenvalue weighted by molar-refractivity contribution is 0.405. The molecule has 0 radical (unpaired) electrons. The monoisotopic (exact) mass is 140 g/mol. The van der Waals surface area contributed by atoms with Crippen LogP contribution < -0.4 is 5.73 Å². The first-order chi connectivity index (χ1) is 4.74. The van der Waals surface area contributed by atoms with E-state index in [1.165, 1.54) is 18.5 Å². The summed E-state index contributed by atoms with van der Waals surface area (Å²) in [7, 11) is 2.14. The van der Waals surface area contributed by atoms with Crippen LogP contribution in [-0.2, 0) is 0 Å². The number of nitrogens with zero attached hydrogens (tertiary/aromatic N) is 1. The second-order valence-electron chi connectivity index (χ2n) is 3.11. The van der Waals surface area contributed by atoms with Crippen molar-refractivity contribution in [2.75, 3.05) is 26.7 Å². The molecule has 2 N–H and O–H groups in total. The van der Waals surface area contributed by atoms with Crippen molar-refractivity contribution in [3.05, 3.63) is 12.2 Å². The fourth-order valence-electron chi connectivity index (χ4n) is 1.43. The minimum Gasteiger partial charge on any atom is -0.327 e. The summed E-state index contributed by atoms with van der Waals surface area (Å²) in [5.41, 5.74) is 6.69. The summed E-state index contributed by atoms with van der Waals surface area (Å²) in [6, 6.07) is 0. The van der Waals surface area contributed by atoms with E-state index in [4.69, 9.17) is 5.73 Å². The third-order valence-electron chi connectivity index (χ3n) is 2.23. The number of hydrogen-bond donors (Lipinski definition) is 1. The zero-order chi connectivity index (χ0) is 7.56. The molecule has 1 aliphatic heterocycles. The molecule has 1 heterocycles. The first-order valence-corrected chi connectivity index (χ1v) is 3.80. The summed E-state index contributed by atoms with van der Waals surface area (Å²) in [4.78, 5) is 2.32. The van der Waals surface area contributed by atoms with Gasteiger partial charge in [-0.05, 0) is 25.9 Å². The lowest BCUT2D eigenvalue weighted by Gasteiger charge is -2.10. The van der Waals surface area contributed by atoms with Crippen LogP contribution in [0, 0.1) is 5.92 Å². The predicted molar refractivity (Wildman–Crippen MR) is 43.8 cm³/mol. The van der Waals surface area contributed by atoms with E-state index in [2.05, 4.69) is 18.5 Å². The highest BCUT2D eigenvalue weighted by Crippen LogP contribution is 2.20. The smallest absolute Gasteiger partial charge is 0.0137 e. The van der Waals surface area contributed by atoms with Crippen LogP contribution in [-0.4, -0.2) is 31.6 Å². The molecule has 58 valence electrons. The Morgan fingerprint density at radius 3 is 2.90 bits per heavy atom. The average Bonchev–Trinajstić information content (AvgIpc) is 2.34. The third-order valence-corrected chi connectivity index (χ3v) is 2.23. The Morgan fingerprint density at radius 1 is 1.80 bits per heavy atom. The number of likely N-dealkylation sites (tertiary alicyclic amines) is 1. The zero-order valence-electron chi connectivity index (χ0n) is 6.64. The molecule has 2 heteroatoms. The van der Waals surface area contributed by atoms with Gasteiger partial charge in [0.05, 0.1) is 0 Å². The van der Waals surface area contributed by atoms with Gasteiger partial charge in [-0.15, -0.1) is 0 Å². The Bertz CT molecular complexity index is 131. The summed E-state index contributed by atoms with van der Waals surface area (Å²) >= 11 is 0. The summed E-state index contributed by atoms with van der Waals surface area (Å²) in [6.45, 7) is 6.94. The van der Waals surface area contributed by atoms with E-state index >= 15 is 0 Å². The minimum atomic E-state index is 0.651. The first-order valence-electron chi connectivity index (χ1n) is 3.80. The van der Waals surface area contributed by atoms with E-state index in [1.54, 1.807) is 0 Å². The Hall–Kier alpha value is -0.340. The molecule has 0 aromatic rings. The Kier molecular flexibility index (Phi) is 2.46. The molecule has 0 amide bonds. The van der Waals surface area contributed by atoms with Gasteiger partial charge in [-0.2, -0.15) is 0 Å². The van der Waals surface area contributed by atoms with Crippen LogP contribution in [0.25, 0.3) is 0 Å². The Labute approximate surface area is 62.7 Å². The average molecular weight is 140 g/mol. The molecule has 10 heavy (non-hydrogen) atoms. The van der Waals surface area contributed by atoms with Gasteiger partial charge in [0.1, 0.15) is 0 Å². The van der Waals surface area contributed by atoms with E-state index in [0.29, 0.717) is 12.5 Å². The maximum Gasteiger partial charge on any atom is 0.0137 e. The molecule has 0 aromatic carbocycles. The van der Waals surface area contributed by atoms with Gasteiger partial charge in [-0.1, -0.05) is 12.2 Å². The van der Waals surface area contributed by atoms with E-state index in [9.17, 15) is 0 Å². The number of hydrogen-bond acceptors (Lipinski definition) is 2. The van der Waals surface area contributed by atoms with Crippen LogP contribution in [0.5, 0.6) is 0 Å². The Morgan fingerprint density at radius 2 is 2.50 bits per heavy atom. The van der Waals surface area contributed by atoms with Crippen LogP contribution >= 0.6 is 0 Å². The van der Waals surface area contributed by atoms with Gasteiger partial charge in [0.25, 0.3) is 0 Å². The van der Waals surface area contributed by atoms with Crippen molar-refractivity contribution in [3.8, 4) is 0 Å². The van der Waals surface area contributed by atoms with Crippen molar-refractivity contribution in [1.29, 1.82) is 0 Å². The molecule has 1 atom stereocenters. The maximum atomic E-state index is 5.48. The molecule has 1 aliphatic rings. The molecular formula is C8H16N2. The van der Waals surface area contributed by atoms with Crippen molar-refractivity contribution in [2.24, 2.45) is 11.7 Å². The summed E-state index contributed by atoms with van der Waals surface area (Å²) in [5, 5.41) is 0. The van der Waals surface area contributed by atoms with Gasteiger partial charge in [-0.3, -0.25) is 0 Å². The fraction of sp³-hybridized carbons (Fsp3) is 0.750. The zero-order valence-corrected chi connectivity index (χ0v) is 6.64. The van der Waals surface area contributed by atoms with Crippen LogP contribution in [0.4, 0.5) is 0 Å². The SMILES string of the molecule is C=C(CN)C1CCN(C)C1. The standard InChI is InChI=1S/C8H16N2/c1-7(5-9)8-3-4-10(2)6-8/h8H,1,3-6,9H2,2H3. The lowest BCUT2D eigenvalue weighted by Crippen LogP contribution is -2.17. The van der Waals surface area contributed by atoms with Gasteiger partial charge in [-0.25, -0.2) is 0 Å². The van der Waals surface area contributed by atoms with Gasteiger partial charge >= 0.3 is 0 Å². The summed E-state index contributed by atoms with van der Waals surface area (Å²) < 4.78 is 0. The van der Waals surface area contributed by atoms with Gasteiger partial charge in [0.15, 0.2) is 0 Å². The van der Waals surface area contributed by atoms with E-state index in [1.807, 2.05) is 0 Å². The maximum absolute atomic E-state index is 5.48. The number of rotatable bonds is 2. The quantitative estimate of drug-likeness (QED) is 0.564. The van der Waals surface area contributed by atoms with Crippen molar-refractivity contribution >= 4 is 0 Å². The molecule has 0 saturated carbocycles. The summed E-state index contributed by atoms with van der Waals surface area (Å²) in [6.07, 6.45) is 1.24. The third kappa shape index (κ3) is 1.58. The molecule has 1 fully saturated rings. The van der Waals surface area contributed by atoms with Crippen molar-refractivity contribution < 1.29 is 0 Å². The molecule has 0 bridgehead atoms. The molecule has 1 saturated heterocycles. The van der Waals surface area contributed by atoms with Crippen LogP contribution in [0.1, 0.15) is 6.42 Å². The molecule has 1 rings (SSSR count). The second-order valence-corrected chi connectivity index (χ2v) is 3.11. The molecule has 0 aromatic heterocycles. The van der Waals surface area contributed by atoms with E-state index < -0.39 is 0 Å². The number of nitrogens with two attached hydrogens (primary N) is 1. The predicted octanol–water partition coefficient (Wildman–Crippen LogP) is 0.453. The lowest BCUT2D eigenvalue weighted by atomic mass is 10.0. The molecule has 0 spiro atoms. The summed E-state index contributed by atoms with van der Waals surface area (Å²) in [5.74, 6) is 0.662. The first kappa shape index (κ1) is 7.76. The van der Waals surface area contributed by atoms with Crippen LogP contribution in [0.15, 0.2) is 12.2 Å². The largest absolute Gasteiger partial charge is 0.327 e. The van der Waals surface area contributed by atoms with E-state index in [-0.39, 0.29) is 0 Å². The molecular weight excluding hydrogens is 124 g/mol. The van der Waals surface area contributed by atoms with E-state index in [0.717, 1.165) is 6.54 Å². The van der Waals surface area contributed by atoms with Crippen molar-refractivity contribution in [3.63, 3.8) is 0 Å². The molecule has 1 unspecified atom stereocenters. The highest BCUT2D eigenvalue weighted by Gasteiger charge is 2.20. The second kappa shape index (κ2) is 3.17. The van der Waals surface area contributed by atoms with Gasteiger partial charge < -0.3 is 10.6 Å². The molecule has 0 aliphatic carbocycles. The highest BCUT2D eigenvalue weighted by atomic mass is 15.1. The normalized spacial score (nSPS) is 27.2. The van der Waals surface area contributed by atoms with Crippen molar-refractivity contribution in [2.45, 2.75) is 6.42 Å².